The maximum Gasteiger partial charge on any atom is 0.0691 e. The second-order valence-electron chi connectivity index (χ2n) is 5.83. The monoisotopic (exact) mass is 267 g/mol. The Morgan fingerprint density at radius 1 is 1.05 bits per heavy atom. The molecule has 0 amide bonds. The van der Waals surface area contributed by atoms with Crippen molar-refractivity contribution in [2.45, 2.75) is 40.3 Å². The first-order valence-corrected chi connectivity index (χ1v) is 7.16. The van der Waals surface area contributed by atoms with Crippen molar-refractivity contribution < 1.29 is 5.11 Å². The Labute approximate surface area is 119 Å². The fraction of sp³-hybridized carbons (Fsp3) is 0.333. The minimum absolute atomic E-state index is 0.342. The summed E-state index contributed by atoms with van der Waals surface area (Å²) in [6.07, 6.45) is 1.82. The van der Waals surface area contributed by atoms with E-state index in [1.54, 1.807) is 0 Å². The molecule has 2 heteroatoms. The maximum absolute atomic E-state index is 9.75. The molecule has 0 aliphatic heterocycles. The topological polar surface area (TPSA) is 25.2 Å². The predicted octanol–water partition coefficient (Wildman–Crippen LogP) is 4.10. The molecule has 1 atom stereocenters. The fourth-order valence-corrected chi connectivity index (χ4v) is 3.29. The van der Waals surface area contributed by atoms with Crippen LogP contribution in [-0.4, -0.2) is 15.8 Å². The molecule has 104 valence electrons. The van der Waals surface area contributed by atoms with Crippen LogP contribution in [0.5, 0.6) is 0 Å². The average Bonchev–Trinajstić information content (AvgIpc) is 2.72. The molecule has 3 aromatic rings. The maximum atomic E-state index is 9.75. The van der Waals surface area contributed by atoms with Gasteiger partial charge in [-0.15, -0.1) is 0 Å². The van der Waals surface area contributed by atoms with E-state index in [2.05, 4.69) is 55.8 Å². The third kappa shape index (κ3) is 1.83. The number of fused-ring (bicyclic) bond motifs is 3. The molecule has 2 aromatic carbocycles. The van der Waals surface area contributed by atoms with Crippen LogP contribution in [0, 0.1) is 20.8 Å². The standard InChI is InChI=1S/C18H21NO/c1-11-9-19(10-12(2)20)18-16-8-6-5-7-15(16)13(3)14(4)17(11)18/h5-9,12,20H,10H2,1-4H3. The second-order valence-corrected chi connectivity index (χ2v) is 5.83. The van der Waals surface area contributed by atoms with Gasteiger partial charge in [0.2, 0.25) is 0 Å². The first-order chi connectivity index (χ1) is 9.50. The summed E-state index contributed by atoms with van der Waals surface area (Å²) in [4.78, 5) is 0. The van der Waals surface area contributed by atoms with Gasteiger partial charge in [0.15, 0.2) is 0 Å². The van der Waals surface area contributed by atoms with Crippen molar-refractivity contribution in [1.82, 2.24) is 4.57 Å². The Bertz CT molecular complexity index is 796. The molecule has 0 aliphatic rings. The first-order valence-electron chi connectivity index (χ1n) is 7.16. The number of nitrogens with zero attached hydrogens (tertiary/aromatic N) is 1. The predicted molar refractivity (Wildman–Crippen MR) is 85.3 cm³/mol. The van der Waals surface area contributed by atoms with Crippen LogP contribution in [0.4, 0.5) is 0 Å². The summed E-state index contributed by atoms with van der Waals surface area (Å²) in [5, 5.41) is 13.7. The van der Waals surface area contributed by atoms with Gasteiger partial charge in [-0.2, -0.15) is 0 Å². The highest BCUT2D eigenvalue weighted by Gasteiger charge is 2.15. The van der Waals surface area contributed by atoms with Crippen LogP contribution >= 0.6 is 0 Å². The lowest BCUT2D eigenvalue weighted by Gasteiger charge is -2.13. The first kappa shape index (κ1) is 13.2. The lowest BCUT2D eigenvalue weighted by Crippen LogP contribution is -2.10. The molecule has 0 radical (unpaired) electrons. The van der Waals surface area contributed by atoms with E-state index in [0.717, 1.165) is 0 Å². The lowest BCUT2D eigenvalue weighted by atomic mass is 9.95. The minimum atomic E-state index is -0.342. The van der Waals surface area contributed by atoms with Gasteiger partial charge >= 0.3 is 0 Å². The number of benzene rings is 2. The molecular weight excluding hydrogens is 246 g/mol. The molecule has 0 saturated carbocycles. The van der Waals surface area contributed by atoms with E-state index in [1.807, 2.05) is 6.92 Å². The van der Waals surface area contributed by atoms with Crippen molar-refractivity contribution in [2.24, 2.45) is 0 Å². The Hall–Kier alpha value is -1.80. The normalized spacial score (nSPS) is 13.2. The van der Waals surface area contributed by atoms with E-state index >= 15 is 0 Å². The third-order valence-electron chi connectivity index (χ3n) is 4.25. The van der Waals surface area contributed by atoms with Crippen LogP contribution in [-0.2, 0) is 6.54 Å². The van der Waals surface area contributed by atoms with Crippen molar-refractivity contribution >= 4 is 21.7 Å². The fourth-order valence-electron chi connectivity index (χ4n) is 3.29. The van der Waals surface area contributed by atoms with Crippen molar-refractivity contribution in [3.8, 4) is 0 Å². The van der Waals surface area contributed by atoms with Gasteiger partial charge in [-0.1, -0.05) is 24.3 Å². The largest absolute Gasteiger partial charge is 0.392 e. The smallest absolute Gasteiger partial charge is 0.0691 e. The van der Waals surface area contributed by atoms with Gasteiger partial charge in [0.1, 0.15) is 0 Å². The molecule has 1 N–H and O–H groups in total. The molecule has 0 aliphatic carbocycles. The zero-order valence-corrected chi connectivity index (χ0v) is 12.6. The Balaban J connectivity index is 2.51. The van der Waals surface area contributed by atoms with Crippen LogP contribution < -0.4 is 0 Å². The number of aliphatic hydroxyl groups excluding tert-OH is 1. The third-order valence-corrected chi connectivity index (χ3v) is 4.25. The molecule has 3 rings (SSSR count). The van der Waals surface area contributed by atoms with E-state index in [4.69, 9.17) is 0 Å². The summed E-state index contributed by atoms with van der Waals surface area (Å²) < 4.78 is 2.20. The van der Waals surface area contributed by atoms with Crippen molar-refractivity contribution in [1.29, 1.82) is 0 Å². The minimum Gasteiger partial charge on any atom is -0.392 e. The summed E-state index contributed by atoms with van der Waals surface area (Å²) in [6, 6.07) is 8.55. The van der Waals surface area contributed by atoms with Gasteiger partial charge in [-0.25, -0.2) is 0 Å². The molecule has 0 saturated heterocycles. The van der Waals surface area contributed by atoms with Crippen LogP contribution in [0.25, 0.3) is 21.7 Å². The Morgan fingerprint density at radius 3 is 2.35 bits per heavy atom. The molecular formula is C18H21NO. The second kappa shape index (κ2) is 4.64. The average molecular weight is 267 g/mol. The van der Waals surface area contributed by atoms with E-state index in [1.165, 1.54) is 38.4 Å². The zero-order chi connectivity index (χ0) is 14.4. The highest BCUT2D eigenvalue weighted by Crippen LogP contribution is 2.35. The molecule has 0 fully saturated rings. The highest BCUT2D eigenvalue weighted by molar-refractivity contribution is 6.10. The number of aryl methyl sites for hydroxylation is 3. The Kier molecular flexibility index (Phi) is 3.06. The molecule has 20 heavy (non-hydrogen) atoms. The quantitative estimate of drug-likeness (QED) is 0.743. The summed E-state index contributed by atoms with van der Waals surface area (Å²) in [6.45, 7) is 9.02. The molecule has 0 bridgehead atoms. The molecule has 0 spiro atoms. The molecule has 1 heterocycles. The number of hydrogen-bond donors (Lipinski definition) is 1. The molecule has 1 aromatic heterocycles. The number of aromatic nitrogens is 1. The van der Waals surface area contributed by atoms with Crippen LogP contribution in [0.1, 0.15) is 23.6 Å². The van der Waals surface area contributed by atoms with Gasteiger partial charge in [0.25, 0.3) is 0 Å². The van der Waals surface area contributed by atoms with E-state index in [-0.39, 0.29) is 6.10 Å². The van der Waals surface area contributed by atoms with E-state index in [9.17, 15) is 5.11 Å². The number of rotatable bonds is 2. The van der Waals surface area contributed by atoms with Gasteiger partial charge in [-0.05, 0) is 49.8 Å². The Morgan fingerprint density at radius 2 is 1.70 bits per heavy atom. The van der Waals surface area contributed by atoms with Crippen LogP contribution in [0.2, 0.25) is 0 Å². The lowest BCUT2D eigenvalue weighted by molar-refractivity contribution is 0.175. The summed E-state index contributed by atoms with van der Waals surface area (Å²) in [5.74, 6) is 0. The summed E-state index contributed by atoms with van der Waals surface area (Å²) in [7, 11) is 0. The number of hydrogen-bond acceptors (Lipinski definition) is 1. The van der Waals surface area contributed by atoms with Crippen LogP contribution in [0.15, 0.2) is 30.5 Å². The van der Waals surface area contributed by atoms with Gasteiger partial charge in [0, 0.05) is 23.5 Å². The van der Waals surface area contributed by atoms with Crippen LogP contribution in [0.3, 0.4) is 0 Å². The highest BCUT2D eigenvalue weighted by atomic mass is 16.3. The SMILES string of the molecule is Cc1c(C)c2c(C)cn(CC(C)O)c2c2ccccc12. The zero-order valence-electron chi connectivity index (χ0n) is 12.6. The summed E-state index contributed by atoms with van der Waals surface area (Å²) in [5.41, 5.74) is 5.24. The molecule has 2 nitrogen and oxygen atoms in total. The van der Waals surface area contributed by atoms with Crippen molar-refractivity contribution in [3.63, 3.8) is 0 Å². The van der Waals surface area contributed by atoms with E-state index in [0.29, 0.717) is 6.54 Å². The number of aliphatic hydroxyl groups is 1. The van der Waals surface area contributed by atoms with Gasteiger partial charge < -0.3 is 9.67 Å². The summed E-state index contributed by atoms with van der Waals surface area (Å²) >= 11 is 0. The van der Waals surface area contributed by atoms with Crippen molar-refractivity contribution in [3.05, 3.63) is 47.2 Å². The van der Waals surface area contributed by atoms with Crippen molar-refractivity contribution in [2.75, 3.05) is 0 Å². The molecule has 1 unspecified atom stereocenters. The van der Waals surface area contributed by atoms with E-state index < -0.39 is 0 Å². The van der Waals surface area contributed by atoms with Gasteiger partial charge in [-0.3, -0.25) is 0 Å². The van der Waals surface area contributed by atoms with Gasteiger partial charge in [0.05, 0.1) is 11.6 Å².